The average molecular weight is 678 g/mol. The molecule has 0 amide bonds. The molecule has 1 atom stereocenters. The Labute approximate surface area is 299 Å². The van der Waals surface area contributed by atoms with Crippen LogP contribution >= 0.6 is 0 Å². The van der Waals surface area contributed by atoms with Crippen molar-refractivity contribution in [1.29, 1.82) is 0 Å². The summed E-state index contributed by atoms with van der Waals surface area (Å²) in [6.45, 7) is 6.31. The highest BCUT2D eigenvalue weighted by Gasteiger charge is 2.41. The quantitative estimate of drug-likeness (QED) is 0.0705. The molecule has 8 nitrogen and oxygen atoms in total. The molecule has 1 aromatic heterocycles. The van der Waals surface area contributed by atoms with Crippen LogP contribution in [0.1, 0.15) is 62.3 Å². The zero-order chi connectivity index (χ0) is 35.6. The maximum absolute atomic E-state index is 12.8. The van der Waals surface area contributed by atoms with E-state index in [0.717, 1.165) is 45.4 Å². The minimum atomic E-state index is -0.873. The van der Waals surface area contributed by atoms with E-state index in [9.17, 15) is 9.59 Å². The minimum Gasteiger partial charge on any atom is -0.392 e. The Hall–Kier alpha value is -5.73. The van der Waals surface area contributed by atoms with Crippen LogP contribution in [0.15, 0.2) is 140 Å². The number of esters is 2. The van der Waals surface area contributed by atoms with Crippen LogP contribution in [0, 0.1) is 5.92 Å². The van der Waals surface area contributed by atoms with Crippen LogP contribution in [-0.4, -0.2) is 38.2 Å². The van der Waals surface area contributed by atoms with E-state index in [1.165, 1.54) is 0 Å². The SMILES string of the molecule is CCCCC(=O)OC(=O)[C@@H](NCc1ccc(-c2ccccc2-c2nnn(C(c3ccccc3)(c3ccccc3)c3ccccc3)n2)cc1)C(C)C. The highest BCUT2D eigenvalue weighted by atomic mass is 16.6. The first kappa shape index (κ1) is 35.1. The molecule has 0 radical (unpaired) electrons. The van der Waals surface area contributed by atoms with Gasteiger partial charge in [0.2, 0.25) is 5.82 Å². The maximum Gasteiger partial charge on any atom is 0.331 e. The molecule has 6 aromatic rings. The van der Waals surface area contributed by atoms with Crippen LogP contribution in [0.3, 0.4) is 0 Å². The Balaban J connectivity index is 1.30. The second-order valence-electron chi connectivity index (χ2n) is 13.0. The van der Waals surface area contributed by atoms with Gasteiger partial charge in [0.15, 0.2) is 5.54 Å². The molecule has 51 heavy (non-hydrogen) atoms. The van der Waals surface area contributed by atoms with Crippen molar-refractivity contribution in [3.05, 3.63) is 162 Å². The summed E-state index contributed by atoms with van der Waals surface area (Å²) in [5.41, 5.74) is 5.98. The van der Waals surface area contributed by atoms with Gasteiger partial charge in [0.1, 0.15) is 6.04 Å². The normalized spacial score (nSPS) is 12.1. The van der Waals surface area contributed by atoms with Crippen molar-refractivity contribution < 1.29 is 14.3 Å². The van der Waals surface area contributed by atoms with Gasteiger partial charge < -0.3 is 10.1 Å². The fourth-order valence-electron chi connectivity index (χ4n) is 6.45. The third-order valence-corrected chi connectivity index (χ3v) is 9.12. The maximum atomic E-state index is 12.8. The monoisotopic (exact) mass is 677 g/mol. The Morgan fingerprint density at radius 3 is 1.78 bits per heavy atom. The zero-order valence-electron chi connectivity index (χ0n) is 29.3. The molecule has 6 rings (SSSR count). The highest BCUT2D eigenvalue weighted by Crippen LogP contribution is 2.40. The summed E-state index contributed by atoms with van der Waals surface area (Å²) in [6.07, 6.45) is 1.81. The Kier molecular flexibility index (Phi) is 11.2. The van der Waals surface area contributed by atoms with Crippen molar-refractivity contribution in [3.63, 3.8) is 0 Å². The molecule has 1 heterocycles. The molecular weight excluding hydrogens is 635 g/mol. The summed E-state index contributed by atoms with van der Waals surface area (Å²) in [5.74, 6) is -0.547. The average Bonchev–Trinajstić information content (AvgIpc) is 3.66. The van der Waals surface area contributed by atoms with E-state index in [0.29, 0.717) is 18.8 Å². The number of ether oxygens (including phenoxy) is 1. The molecule has 0 saturated heterocycles. The fraction of sp³-hybridized carbons (Fsp3) is 0.233. The first-order valence-corrected chi connectivity index (χ1v) is 17.6. The van der Waals surface area contributed by atoms with E-state index in [-0.39, 0.29) is 12.3 Å². The molecule has 258 valence electrons. The van der Waals surface area contributed by atoms with E-state index in [2.05, 4.69) is 65.0 Å². The second kappa shape index (κ2) is 16.3. The number of rotatable bonds is 14. The molecule has 5 aromatic carbocycles. The Bertz CT molecular complexity index is 1930. The fourth-order valence-corrected chi connectivity index (χ4v) is 6.45. The van der Waals surface area contributed by atoms with Gasteiger partial charge in [-0.3, -0.25) is 4.79 Å². The Morgan fingerprint density at radius 1 is 0.725 bits per heavy atom. The first-order valence-electron chi connectivity index (χ1n) is 17.6. The van der Waals surface area contributed by atoms with Gasteiger partial charge in [-0.25, -0.2) is 4.79 Å². The number of carbonyl (C=O) groups is 2. The van der Waals surface area contributed by atoms with E-state index >= 15 is 0 Å². The second-order valence-corrected chi connectivity index (χ2v) is 13.0. The summed E-state index contributed by atoms with van der Waals surface area (Å²) in [4.78, 5) is 26.6. The van der Waals surface area contributed by atoms with Gasteiger partial charge >= 0.3 is 11.9 Å². The molecule has 0 fully saturated rings. The van der Waals surface area contributed by atoms with E-state index in [4.69, 9.17) is 15.0 Å². The van der Waals surface area contributed by atoms with Gasteiger partial charge in [0.05, 0.1) is 0 Å². The van der Waals surface area contributed by atoms with Crippen molar-refractivity contribution >= 4 is 11.9 Å². The van der Waals surface area contributed by atoms with Gasteiger partial charge in [-0.15, -0.1) is 15.0 Å². The first-order chi connectivity index (χ1) is 24.9. The van der Waals surface area contributed by atoms with E-state index in [1.807, 2.05) is 106 Å². The Morgan fingerprint density at radius 2 is 1.25 bits per heavy atom. The lowest BCUT2D eigenvalue weighted by Gasteiger charge is -2.34. The largest absolute Gasteiger partial charge is 0.392 e. The molecule has 1 N–H and O–H groups in total. The van der Waals surface area contributed by atoms with Crippen molar-refractivity contribution in [2.75, 3.05) is 0 Å². The third-order valence-electron chi connectivity index (χ3n) is 9.12. The van der Waals surface area contributed by atoms with Crippen molar-refractivity contribution in [1.82, 2.24) is 25.5 Å². The number of hydrogen-bond donors (Lipinski definition) is 1. The number of tetrazole rings is 1. The van der Waals surface area contributed by atoms with E-state index in [1.54, 1.807) is 4.80 Å². The third kappa shape index (κ3) is 7.71. The van der Waals surface area contributed by atoms with Gasteiger partial charge in [0.25, 0.3) is 0 Å². The number of unbranched alkanes of at least 4 members (excludes halogenated alkanes) is 1. The van der Waals surface area contributed by atoms with Crippen molar-refractivity contribution in [3.8, 4) is 22.5 Å². The molecule has 0 aliphatic carbocycles. The molecule has 0 saturated carbocycles. The summed E-state index contributed by atoms with van der Waals surface area (Å²) in [7, 11) is 0. The standard InChI is InChI=1S/C43H43N5O3/c1-4-5-25-39(49)51-42(50)40(31(2)3)44-30-32-26-28-33(29-27-32)37-23-15-16-24-38(37)41-45-47-48(46-41)43(34-17-9-6-10-18-34,35-19-11-7-12-20-35)36-21-13-8-14-22-36/h6-24,26-29,31,40,44H,4-5,25,30H2,1-3H3/t40-/m0/s1. The topological polar surface area (TPSA) is 99.0 Å². The molecule has 0 aliphatic heterocycles. The zero-order valence-corrected chi connectivity index (χ0v) is 29.3. The van der Waals surface area contributed by atoms with Crippen LogP contribution in [0.5, 0.6) is 0 Å². The van der Waals surface area contributed by atoms with Crippen LogP contribution in [0.2, 0.25) is 0 Å². The predicted octanol–water partition coefficient (Wildman–Crippen LogP) is 8.22. The number of aromatic nitrogens is 4. The number of carbonyl (C=O) groups excluding carboxylic acids is 2. The van der Waals surface area contributed by atoms with Crippen molar-refractivity contribution in [2.24, 2.45) is 5.92 Å². The molecule has 0 aliphatic rings. The number of nitrogens with zero attached hydrogens (tertiary/aromatic N) is 4. The minimum absolute atomic E-state index is 0.0482. The van der Waals surface area contributed by atoms with Gasteiger partial charge in [0, 0.05) is 18.5 Å². The number of benzene rings is 5. The van der Waals surface area contributed by atoms with E-state index < -0.39 is 23.5 Å². The predicted molar refractivity (Wildman–Crippen MR) is 199 cm³/mol. The number of hydrogen-bond acceptors (Lipinski definition) is 7. The van der Waals surface area contributed by atoms with Crippen LogP contribution in [0.25, 0.3) is 22.5 Å². The molecule has 0 unspecified atom stereocenters. The summed E-state index contributed by atoms with van der Waals surface area (Å²) >= 11 is 0. The molecular formula is C43H43N5O3. The van der Waals surface area contributed by atoms with Crippen LogP contribution in [-0.2, 0) is 26.4 Å². The van der Waals surface area contributed by atoms with Crippen LogP contribution in [0.4, 0.5) is 0 Å². The highest BCUT2D eigenvalue weighted by molar-refractivity contribution is 5.88. The smallest absolute Gasteiger partial charge is 0.331 e. The molecule has 0 spiro atoms. The molecule has 8 heteroatoms. The van der Waals surface area contributed by atoms with Crippen LogP contribution < -0.4 is 5.32 Å². The van der Waals surface area contributed by atoms with Gasteiger partial charge in [-0.1, -0.05) is 167 Å². The van der Waals surface area contributed by atoms with Gasteiger partial charge in [-0.2, -0.15) is 0 Å². The summed E-state index contributed by atoms with van der Waals surface area (Å²) in [5, 5.41) is 17.8. The lowest BCUT2D eigenvalue weighted by Crippen LogP contribution is -2.42. The van der Waals surface area contributed by atoms with Crippen molar-refractivity contribution in [2.45, 2.75) is 58.2 Å². The lowest BCUT2D eigenvalue weighted by atomic mass is 9.77. The molecule has 0 bridgehead atoms. The summed E-state index contributed by atoms with van der Waals surface area (Å²) < 4.78 is 5.14. The number of nitrogens with one attached hydrogen (secondary N) is 1. The van der Waals surface area contributed by atoms with Gasteiger partial charge in [-0.05, 0) is 50.9 Å². The summed E-state index contributed by atoms with van der Waals surface area (Å²) in [6, 6.07) is 46.5. The lowest BCUT2D eigenvalue weighted by molar-refractivity contribution is -0.162.